The van der Waals surface area contributed by atoms with Crippen molar-refractivity contribution in [3.05, 3.63) is 92.1 Å². The van der Waals surface area contributed by atoms with E-state index in [1.807, 2.05) is 13.8 Å². The standard InChI is InChI=1S/C51H68N2O10/c1-30(2)14-9-16-32(5)18-11-21-50(7)43(56)26-36-41(54)24-34-38(45(36)62-50)28-52(47(34)58)23-13-20-40(49(60)61)53-29-39-35(48(53)59)25-42(55)37-27-44(57)51(8,63-46(37)39)22-12-19-33(6)17-10-15-31(3)4/h14-15,18-19,24-25,40,43-44,54-57H,9-13,16-17,20-23,26-29H2,1-8H3,(H,60,61)/b32-18+,33-19+/t40-,43-,44-,50+,51-/m0/s1. The molecule has 63 heavy (non-hydrogen) atoms. The van der Waals surface area contributed by atoms with Gasteiger partial charge in [0.25, 0.3) is 11.8 Å². The van der Waals surface area contributed by atoms with Crippen molar-refractivity contribution in [2.24, 2.45) is 0 Å². The number of carbonyl (C=O) groups excluding carboxylic acids is 2. The van der Waals surface area contributed by atoms with Crippen LogP contribution in [-0.2, 0) is 30.7 Å². The molecule has 0 unspecified atom stereocenters. The van der Waals surface area contributed by atoms with E-state index in [0.29, 0.717) is 65.0 Å². The molecule has 12 heteroatoms. The third-order valence-corrected chi connectivity index (χ3v) is 13.5. The molecule has 6 rings (SSSR count). The van der Waals surface area contributed by atoms with Gasteiger partial charge in [-0.3, -0.25) is 9.59 Å². The molecule has 0 aromatic heterocycles. The van der Waals surface area contributed by atoms with Gasteiger partial charge in [0.05, 0.1) is 36.4 Å². The maximum absolute atomic E-state index is 13.9. The van der Waals surface area contributed by atoms with Gasteiger partial charge in [0.15, 0.2) is 0 Å². The zero-order valence-corrected chi connectivity index (χ0v) is 38.5. The fraction of sp³-hybridized carbons (Fsp3) is 0.549. The highest BCUT2D eigenvalue weighted by molar-refractivity contribution is 6.02. The van der Waals surface area contributed by atoms with Crippen LogP contribution >= 0.6 is 0 Å². The number of benzene rings is 2. The molecule has 0 saturated carbocycles. The second-order valence-corrected chi connectivity index (χ2v) is 19.2. The van der Waals surface area contributed by atoms with E-state index in [1.54, 1.807) is 4.90 Å². The van der Waals surface area contributed by atoms with Crippen LogP contribution in [0.25, 0.3) is 0 Å². The number of allylic oxidation sites excluding steroid dienone is 8. The number of aromatic hydroxyl groups is 2. The first kappa shape index (κ1) is 47.4. The van der Waals surface area contributed by atoms with Crippen LogP contribution in [0.4, 0.5) is 0 Å². The molecule has 0 spiro atoms. The monoisotopic (exact) mass is 868 g/mol. The Balaban J connectivity index is 1.11. The number of rotatable bonds is 18. The summed E-state index contributed by atoms with van der Waals surface area (Å²) in [6, 6.07) is 1.55. The van der Waals surface area contributed by atoms with E-state index >= 15 is 0 Å². The number of phenols is 2. The van der Waals surface area contributed by atoms with Gasteiger partial charge in [-0.1, -0.05) is 46.6 Å². The number of fused-ring (bicyclic) bond motifs is 6. The second kappa shape index (κ2) is 19.4. The zero-order chi connectivity index (χ0) is 46.0. The van der Waals surface area contributed by atoms with Gasteiger partial charge < -0.3 is 44.8 Å². The number of hydrogen-bond donors (Lipinski definition) is 5. The molecule has 0 radical (unpaired) electrons. The number of amides is 2. The molecule has 12 nitrogen and oxygen atoms in total. The largest absolute Gasteiger partial charge is 0.508 e. The molecule has 4 heterocycles. The molecule has 4 aliphatic rings. The number of carboxylic acids is 1. The quantitative estimate of drug-likeness (QED) is 0.0909. The number of aliphatic hydroxyl groups excluding tert-OH is 2. The topological polar surface area (TPSA) is 177 Å². The van der Waals surface area contributed by atoms with E-state index < -0.39 is 41.3 Å². The normalized spacial score (nSPS) is 23.3. The Morgan fingerprint density at radius 2 is 1.17 bits per heavy atom. The van der Waals surface area contributed by atoms with Crippen molar-refractivity contribution in [1.29, 1.82) is 0 Å². The van der Waals surface area contributed by atoms with Gasteiger partial charge in [-0.05, 0) is 132 Å². The summed E-state index contributed by atoms with van der Waals surface area (Å²) in [5.41, 5.74) is 5.57. The van der Waals surface area contributed by atoms with Crippen LogP contribution in [0.3, 0.4) is 0 Å². The minimum atomic E-state index is -1.23. The molecule has 5 N–H and O–H groups in total. The van der Waals surface area contributed by atoms with Crippen molar-refractivity contribution in [1.82, 2.24) is 9.80 Å². The summed E-state index contributed by atoms with van der Waals surface area (Å²) in [5, 5.41) is 55.0. The Hall–Kier alpha value is -5.07. The van der Waals surface area contributed by atoms with Crippen LogP contribution in [0.5, 0.6) is 23.0 Å². The number of carboxylic acid groups (broad SMARTS) is 1. The Kier molecular flexibility index (Phi) is 14.6. The molecule has 4 aliphatic heterocycles. The minimum Gasteiger partial charge on any atom is -0.508 e. The van der Waals surface area contributed by atoms with Crippen LogP contribution in [0.15, 0.2) is 58.7 Å². The Morgan fingerprint density at radius 3 is 1.63 bits per heavy atom. The predicted octanol–water partition coefficient (Wildman–Crippen LogP) is 9.00. The third kappa shape index (κ3) is 10.3. The van der Waals surface area contributed by atoms with E-state index in [4.69, 9.17) is 9.47 Å². The summed E-state index contributed by atoms with van der Waals surface area (Å²) in [6.45, 7) is 16.5. The van der Waals surface area contributed by atoms with Crippen molar-refractivity contribution in [3.63, 3.8) is 0 Å². The lowest BCUT2D eigenvalue weighted by Gasteiger charge is -2.41. The average Bonchev–Trinajstić information content (AvgIpc) is 3.69. The SMILES string of the molecule is CC(C)=CCC/C(C)=C/CC[C@@]1(C)Oc2c(c(O)cc3c2CN(CCC[C@@H](C(=O)O)N2Cc4c(cc(O)c5c4O[C@@](C)(CC/C=C(\C)CCC=C(C)C)[C@@H](O)C5)C2=O)C3=O)C[C@@H]1O. The van der Waals surface area contributed by atoms with Gasteiger partial charge in [0.1, 0.15) is 40.2 Å². The maximum Gasteiger partial charge on any atom is 0.326 e. The third-order valence-electron chi connectivity index (χ3n) is 13.5. The summed E-state index contributed by atoms with van der Waals surface area (Å²) in [6.07, 6.45) is 13.8. The van der Waals surface area contributed by atoms with Crippen molar-refractivity contribution in [2.75, 3.05) is 6.54 Å². The first-order valence-electron chi connectivity index (χ1n) is 22.6. The maximum atomic E-state index is 13.9. The fourth-order valence-electron chi connectivity index (χ4n) is 9.40. The number of carbonyl (C=O) groups is 3. The highest BCUT2D eigenvalue weighted by Gasteiger charge is 2.47. The molecule has 0 fully saturated rings. The molecule has 0 aliphatic carbocycles. The number of phenolic OH excluding ortho intramolecular Hbond substituents is 2. The van der Waals surface area contributed by atoms with E-state index in [0.717, 1.165) is 25.7 Å². The second-order valence-electron chi connectivity index (χ2n) is 19.2. The van der Waals surface area contributed by atoms with Crippen LogP contribution < -0.4 is 9.47 Å². The van der Waals surface area contributed by atoms with Gasteiger partial charge in [0, 0.05) is 41.6 Å². The van der Waals surface area contributed by atoms with Crippen LogP contribution in [0, 0.1) is 0 Å². The summed E-state index contributed by atoms with van der Waals surface area (Å²) >= 11 is 0. The summed E-state index contributed by atoms with van der Waals surface area (Å²) in [7, 11) is 0. The number of hydrogen-bond acceptors (Lipinski definition) is 9. The lowest BCUT2D eigenvalue weighted by atomic mass is 9.84. The van der Waals surface area contributed by atoms with Gasteiger partial charge in [-0.2, -0.15) is 0 Å². The van der Waals surface area contributed by atoms with E-state index in [9.17, 15) is 39.9 Å². The highest BCUT2D eigenvalue weighted by atomic mass is 16.5. The number of ether oxygens (including phenoxy) is 2. The van der Waals surface area contributed by atoms with E-state index in [-0.39, 0.29) is 68.3 Å². The summed E-state index contributed by atoms with van der Waals surface area (Å²) < 4.78 is 13.1. The molecule has 2 amide bonds. The smallest absolute Gasteiger partial charge is 0.326 e. The van der Waals surface area contributed by atoms with Crippen LogP contribution in [0.1, 0.15) is 163 Å². The molecule has 342 valence electrons. The molecule has 2 aromatic carbocycles. The Morgan fingerprint density at radius 1 is 0.714 bits per heavy atom. The first-order valence-corrected chi connectivity index (χ1v) is 22.6. The fourth-order valence-corrected chi connectivity index (χ4v) is 9.40. The van der Waals surface area contributed by atoms with Gasteiger partial charge in [0.2, 0.25) is 0 Å². The summed E-state index contributed by atoms with van der Waals surface area (Å²) in [4.78, 5) is 43.4. The Bertz CT molecular complexity index is 2230. The van der Waals surface area contributed by atoms with Crippen molar-refractivity contribution >= 4 is 17.8 Å². The van der Waals surface area contributed by atoms with Crippen LogP contribution in [-0.4, -0.2) is 89.1 Å². The number of aliphatic carboxylic acids is 1. The molecule has 5 atom stereocenters. The van der Waals surface area contributed by atoms with E-state index in [1.165, 1.54) is 39.3 Å². The molecular weight excluding hydrogens is 801 g/mol. The minimum absolute atomic E-state index is 0.0456. The molecule has 0 bridgehead atoms. The molecular formula is C51H68N2O10. The summed E-state index contributed by atoms with van der Waals surface area (Å²) in [5.74, 6) is -1.60. The van der Waals surface area contributed by atoms with Gasteiger partial charge in [-0.25, -0.2) is 4.79 Å². The van der Waals surface area contributed by atoms with Crippen molar-refractivity contribution in [3.8, 4) is 23.0 Å². The van der Waals surface area contributed by atoms with Gasteiger partial charge in [-0.15, -0.1) is 0 Å². The highest BCUT2D eigenvalue weighted by Crippen LogP contribution is 2.48. The van der Waals surface area contributed by atoms with E-state index in [2.05, 4.69) is 65.8 Å². The zero-order valence-electron chi connectivity index (χ0n) is 38.5. The predicted molar refractivity (Wildman–Crippen MR) is 242 cm³/mol. The van der Waals surface area contributed by atoms with Crippen molar-refractivity contribution in [2.45, 2.75) is 175 Å². The first-order chi connectivity index (χ1) is 29.7. The lowest BCUT2D eigenvalue weighted by Crippen LogP contribution is -2.49. The molecule has 0 saturated heterocycles. The average molecular weight is 869 g/mol. The number of nitrogens with zero attached hydrogens (tertiary/aromatic N) is 2. The number of aliphatic hydroxyl groups is 2. The van der Waals surface area contributed by atoms with Crippen molar-refractivity contribution < 1.29 is 49.4 Å². The molecule has 2 aromatic rings. The van der Waals surface area contributed by atoms with Crippen LogP contribution in [0.2, 0.25) is 0 Å². The van der Waals surface area contributed by atoms with Gasteiger partial charge >= 0.3 is 5.97 Å². The Labute approximate surface area is 372 Å². The lowest BCUT2D eigenvalue weighted by molar-refractivity contribution is -0.142.